The molecule has 0 amide bonds. The minimum Gasteiger partial charge on any atom is -0.322 e. The number of hydrogen-bond donors (Lipinski definition) is 0. The second-order valence-electron chi connectivity index (χ2n) is 5.34. The summed E-state index contributed by atoms with van der Waals surface area (Å²) in [6.07, 6.45) is 6.86. The number of halogens is 1. The van der Waals surface area contributed by atoms with Crippen LogP contribution in [0.3, 0.4) is 0 Å². The van der Waals surface area contributed by atoms with Crippen LogP contribution in [0.1, 0.15) is 53.4 Å². The van der Waals surface area contributed by atoms with Crippen molar-refractivity contribution in [3.63, 3.8) is 0 Å². The molecular weight excluding hydrogens is 222 g/mol. The van der Waals surface area contributed by atoms with E-state index in [2.05, 4.69) is 37.7 Å². The fraction of sp³-hybridized carbons (Fsp3) is 0.917. The molecule has 1 unspecified atom stereocenters. The first kappa shape index (κ1) is 13.6. The molecule has 4 heteroatoms. The molecule has 0 radical (unpaired) electrons. The Morgan fingerprint density at radius 2 is 1.94 bits per heavy atom. The van der Waals surface area contributed by atoms with Crippen LogP contribution < -0.4 is 0 Å². The van der Waals surface area contributed by atoms with Crippen molar-refractivity contribution in [2.45, 2.75) is 64.5 Å². The van der Waals surface area contributed by atoms with E-state index in [4.69, 9.17) is 11.6 Å². The summed E-state index contributed by atoms with van der Waals surface area (Å²) < 4.78 is 0. The van der Waals surface area contributed by atoms with E-state index < -0.39 is 0 Å². The van der Waals surface area contributed by atoms with E-state index in [0.29, 0.717) is 0 Å². The number of nitrogens with zero attached hydrogens (tertiary/aromatic N) is 3. The number of unbranched alkanes of at least 4 members (excludes halogenated alkanes) is 3. The quantitative estimate of drug-likeness (QED) is 0.420. The summed E-state index contributed by atoms with van der Waals surface area (Å²) in [5.74, 6) is 0. The van der Waals surface area contributed by atoms with Gasteiger partial charge in [0.25, 0.3) is 0 Å². The van der Waals surface area contributed by atoms with Crippen molar-refractivity contribution in [2.24, 2.45) is 5.10 Å². The van der Waals surface area contributed by atoms with Crippen molar-refractivity contribution in [1.29, 1.82) is 0 Å². The number of rotatable bonds is 5. The minimum absolute atomic E-state index is 0.0358. The predicted molar refractivity (Wildman–Crippen MR) is 70.6 cm³/mol. The monoisotopic (exact) mass is 245 g/mol. The van der Waals surface area contributed by atoms with Gasteiger partial charge >= 0.3 is 0 Å². The van der Waals surface area contributed by atoms with E-state index in [1.54, 1.807) is 0 Å². The van der Waals surface area contributed by atoms with E-state index in [0.717, 1.165) is 6.54 Å². The highest BCUT2D eigenvalue weighted by Gasteiger charge is 2.32. The maximum atomic E-state index is 6.37. The molecule has 1 rings (SSSR count). The Hall–Kier alpha value is -0.440. The Bertz CT molecular complexity index is 235. The fourth-order valence-electron chi connectivity index (χ4n) is 1.73. The molecule has 0 aromatic heterocycles. The lowest BCUT2D eigenvalue weighted by atomic mass is 10.1. The molecule has 94 valence electrons. The number of hydrazone groups is 1. The third-order valence-electron chi connectivity index (χ3n) is 2.82. The molecule has 3 nitrogen and oxygen atoms in total. The molecule has 1 atom stereocenters. The Morgan fingerprint density at radius 1 is 1.25 bits per heavy atom. The normalized spacial score (nSPS) is 20.9. The molecule has 0 saturated carbocycles. The van der Waals surface area contributed by atoms with Crippen molar-refractivity contribution in [2.75, 3.05) is 6.54 Å². The van der Waals surface area contributed by atoms with Gasteiger partial charge in [0.1, 0.15) is 6.34 Å². The van der Waals surface area contributed by atoms with Gasteiger partial charge in [-0.1, -0.05) is 37.8 Å². The Balaban J connectivity index is 2.34. The summed E-state index contributed by atoms with van der Waals surface area (Å²) in [5, 5.41) is 6.34. The second kappa shape index (κ2) is 5.76. The van der Waals surface area contributed by atoms with Gasteiger partial charge in [0.05, 0.1) is 0 Å². The smallest absolute Gasteiger partial charge is 0.196 e. The average Bonchev–Trinajstić information content (AvgIpc) is 2.54. The Kier molecular flexibility index (Phi) is 4.90. The fourth-order valence-corrected chi connectivity index (χ4v) is 2.22. The molecular formula is C12H24ClN3. The van der Waals surface area contributed by atoms with Crippen molar-refractivity contribution in [1.82, 2.24) is 9.91 Å². The Morgan fingerprint density at radius 3 is 2.44 bits per heavy atom. The summed E-state index contributed by atoms with van der Waals surface area (Å²) in [7, 11) is 0. The largest absolute Gasteiger partial charge is 0.322 e. The highest BCUT2D eigenvalue weighted by atomic mass is 35.5. The molecule has 0 spiro atoms. The maximum Gasteiger partial charge on any atom is 0.196 e. The summed E-state index contributed by atoms with van der Waals surface area (Å²) in [6.45, 7) is 9.62. The van der Waals surface area contributed by atoms with Gasteiger partial charge in [-0.2, -0.15) is 5.10 Å². The van der Waals surface area contributed by atoms with Crippen LogP contribution >= 0.6 is 11.6 Å². The van der Waals surface area contributed by atoms with Crippen molar-refractivity contribution in [3.8, 4) is 0 Å². The lowest BCUT2D eigenvalue weighted by Gasteiger charge is -2.35. The molecule has 1 heterocycles. The topological polar surface area (TPSA) is 18.8 Å². The third-order valence-corrected chi connectivity index (χ3v) is 3.25. The molecule has 0 N–H and O–H groups in total. The number of hydrogen-bond acceptors (Lipinski definition) is 3. The van der Waals surface area contributed by atoms with Gasteiger partial charge in [-0.15, -0.1) is 0 Å². The molecule has 16 heavy (non-hydrogen) atoms. The molecule has 0 saturated heterocycles. The van der Waals surface area contributed by atoms with Gasteiger partial charge in [-0.3, -0.25) is 5.01 Å². The predicted octanol–water partition coefficient (Wildman–Crippen LogP) is 3.45. The molecule has 0 aromatic carbocycles. The van der Waals surface area contributed by atoms with Gasteiger partial charge in [-0.25, -0.2) is 0 Å². The van der Waals surface area contributed by atoms with E-state index in [9.17, 15) is 0 Å². The van der Waals surface area contributed by atoms with Crippen LogP contribution in [-0.2, 0) is 0 Å². The second-order valence-corrected chi connectivity index (χ2v) is 5.73. The van der Waals surface area contributed by atoms with Crippen LogP contribution in [0.25, 0.3) is 0 Å². The van der Waals surface area contributed by atoms with E-state index in [-0.39, 0.29) is 11.2 Å². The van der Waals surface area contributed by atoms with Crippen LogP contribution in [0.15, 0.2) is 5.10 Å². The lowest BCUT2D eigenvalue weighted by Crippen LogP contribution is -2.46. The summed E-state index contributed by atoms with van der Waals surface area (Å²) >= 11 is 6.37. The molecule has 0 fully saturated rings. The summed E-state index contributed by atoms with van der Waals surface area (Å²) in [6, 6.07) is 0. The van der Waals surface area contributed by atoms with E-state index in [1.807, 2.05) is 11.3 Å². The highest BCUT2D eigenvalue weighted by molar-refractivity contribution is 6.21. The van der Waals surface area contributed by atoms with Crippen LogP contribution in [0, 0.1) is 0 Å². The Labute approximate surface area is 104 Å². The molecule has 1 aliphatic heterocycles. The van der Waals surface area contributed by atoms with E-state index >= 15 is 0 Å². The maximum absolute atomic E-state index is 6.37. The standard InChI is InChI=1S/C12H24ClN3/c1-5-6-7-8-9-16-11(13)15(10-14-16)12(2,3)4/h10-11H,5-9H2,1-4H3. The van der Waals surface area contributed by atoms with Crippen LogP contribution in [-0.4, -0.2) is 34.0 Å². The van der Waals surface area contributed by atoms with Gasteiger partial charge < -0.3 is 4.90 Å². The van der Waals surface area contributed by atoms with Gasteiger partial charge in [0.15, 0.2) is 5.62 Å². The average molecular weight is 246 g/mol. The first-order valence-corrected chi connectivity index (χ1v) is 6.63. The van der Waals surface area contributed by atoms with E-state index in [1.165, 1.54) is 25.7 Å². The molecule has 0 aromatic rings. The summed E-state index contributed by atoms with van der Waals surface area (Å²) in [5.41, 5.74) is -0.0877. The zero-order valence-corrected chi connectivity index (χ0v) is 11.7. The lowest BCUT2D eigenvalue weighted by molar-refractivity contribution is 0.132. The van der Waals surface area contributed by atoms with Crippen molar-refractivity contribution in [3.05, 3.63) is 0 Å². The van der Waals surface area contributed by atoms with Gasteiger partial charge in [0.2, 0.25) is 0 Å². The number of alkyl halides is 1. The summed E-state index contributed by atoms with van der Waals surface area (Å²) in [4.78, 5) is 2.09. The van der Waals surface area contributed by atoms with Gasteiger partial charge in [0, 0.05) is 12.1 Å². The molecule has 0 aliphatic carbocycles. The molecule has 1 aliphatic rings. The first-order valence-electron chi connectivity index (χ1n) is 6.20. The van der Waals surface area contributed by atoms with Crippen molar-refractivity contribution >= 4 is 17.9 Å². The highest BCUT2D eigenvalue weighted by Crippen LogP contribution is 2.25. The molecule has 0 bridgehead atoms. The zero-order chi connectivity index (χ0) is 12.2. The minimum atomic E-state index is -0.123. The SMILES string of the molecule is CCCCCCN1N=CN(C(C)(C)C)C1Cl. The third kappa shape index (κ3) is 3.55. The van der Waals surface area contributed by atoms with Crippen LogP contribution in [0.5, 0.6) is 0 Å². The van der Waals surface area contributed by atoms with Crippen LogP contribution in [0.2, 0.25) is 0 Å². The first-order chi connectivity index (χ1) is 7.46. The zero-order valence-electron chi connectivity index (χ0n) is 10.9. The van der Waals surface area contributed by atoms with Crippen molar-refractivity contribution < 1.29 is 0 Å². The van der Waals surface area contributed by atoms with Crippen LogP contribution in [0.4, 0.5) is 0 Å². The van der Waals surface area contributed by atoms with Gasteiger partial charge in [-0.05, 0) is 27.2 Å².